The zero-order chi connectivity index (χ0) is 5.70. The molecule has 0 aliphatic heterocycles. The van der Waals surface area contributed by atoms with Crippen molar-refractivity contribution in [1.82, 2.24) is 0 Å². The van der Waals surface area contributed by atoms with Crippen molar-refractivity contribution >= 4 is 7.92 Å². The van der Waals surface area contributed by atoms with Gasteiger partial charge in [0.25, 0.3) is 0 Å². The highest BCUT2D eigenvalue weighted by atomic mass is 31.1. The topological polar surface area (TPSA) is 0 Å². The van der Waals surface area contributed by atoms with Crippen molar-refractivity contribution in [3.63, 3.8) is 0 Å². The Morgan fingerprint density at radius 2 is 1.71 bits per heavy atom. The van der Waals surface area contributed by atoms with Crippen LogP contribution in [0.4, 0.5) is 0 Å². The van der Waals surface area contributed by atoms with Gasteiger partial charge in [-0.25, -0.2) is 0 Å². The van der Waals surface area contributed by atoms with E-state index >= 15 is 0 Å². The van der Waals surface area contributed by atoms with Gasteiger partial charge in [0.05, 0.1) is 0 Å². The van der Waals surface area contributed by atoms with Crippen molar-refractivity contribution in [1.29, 1.82) is 0 Å². The second kappa shape index (κ2) is 4.59. The Hall–Kier alpha value is 0.430. The maximum absolute atomic E-state index is 2.34. The third kappa shape index (κ3) is 3.05. The van der Waals surface area contributed by atoms with Gasteiger partial charge >= 0.3 is 0 Å². The van der Waals surface area contributed by atoms with Crippen LogP contribution in [-0.2, 0) is 0 Å². The molecule has 0 atom stereocenters. The van der Waals surface area contributed by atoms with E-state index in [4.69, 9.17) is 0 Å². The molecule has 0 aromatic carbocycles. The van der Waals surface area contributed by atoms with Crippen LogP contribution < -0.4 is 0 Å². The summed E-state index contributed by atoms with van der Waals surface area (Å²) in [6, 6.07) is 0. The van der Waals surface area contributed by atoms with Crippen LogP contribution in [0.15, 0.2) is 0 Å². The molecule has 7 heavy (non-hydrogen) atoms. The lowest BCUT2D eigenvalue weighted by Gasteiger charge is -2.06. The summed E-state index contributed by atoms with van der Waals surface area (Å²) >= 11 is 0. The number of hydrogen-bond acceptors (Lipinski definition) is 0. The lowest BCUT2D eigenvalue weighted by molar-refractivity contribution is 1.40. The third-order valence-corrected chi connectivity index (χ3v) is 3.53. The van der Waals surface area contributed by atoms with E-state index in [2.05, 4.69) is 26.9 Å². The summed E-state index contributed by atoms with van der Waals surface area (Å²) in [7, 11) is 0.321. The molecule has 0 rings (SSSR count). The molecular formula is C6H14P. The molecule has 0 aromatic heterocycles. The van der Waals surface area contributed by atoms with Gasteiger partial charge < -0.3 is 0 Å². The molecule has 0 unspecified atom stereocenters. The molecule has 1 heteroatoms. The third-order valence-electron chi connectivity index (χ3n) is 1.18. The quantitative estimate of drug-likeness (QED) is 0.498. The van der Waals surface area contributed by atoms with Gasteiger partial charge in [-0.05, 0) is 18.5 Å². The van der Waals surface area contributed by atoms with E-state index in [1.54, 1.807) is 0 Å². The highest BCUT2D eigenvalue weighted by Crippen LogP contribution is 2.36. The highest BCUT2D eigenvalue weighted by Gasteiger charge is 1.94. The summed E-state index contributed by atoms with van der Waals surface area (Å²) < 4.78 is 0. The summed E-state index contributed by atoms with van der Waals surface area (Å²) in [5.41, 5.74) is 0. The van der Waals surface area contributed by atoms with E-state index in [1.807, 2.05) is 0 Å². The molecule has 0 spiro atoms. The first-order valence-electron chi connectivity index (χ1n) is 2.88. The summed E-state index contributed by atoms with van der Waals surface area (Å²) in [6.07, 6.45) is 5.07. The Bertz CT molecular complexity index is 25.7. The number of hydrogen-bond donors (Lipinski definition) is 0. The average Bonchev–Trinajstić information content (AvgIpc) is 1.72. The zero-order valence-corrected chi connectivity index (χ0v) is 6.33. The van der Waals surface area contributed by atoms with E-state index in [-0.39, 0.29) is 0 Å². The first kappa shape index (κ1) is 7.43. The fraction of sp³-hybridized carbons (Fsp3) is 0.833. The SMILES string of the molecule is C[CH]P(CC)CC. The molecule has 0 heterocycles. The smallest absolute Gasteiger partial charge is 0.0173 e. The fourth-order valence-electron chi connectivity index (χ4n) is 0.589. The van der Waals surface area contributed by atoms with Gasteiger partial charge in [0.2, 0.25) is 0 Å². The van der Waals surface area contributed by atoms with Crippen LogP contribution in [0.5, 0.6) is 0 Å². The lowest BCUT2D eigenvalue weighted by atomic mass is 10.9. The minimum absolute atomic E-state index is 0.321. The maximum Gasteiger partial charge on any atom is -0.0173 e. The molecule has 0 aliphatic carbocycles. The molecule has 0 saturated heterocycles. The Kier molecular flexibility index (Phi) is 4.87. The van der Waals surface area contributed by atoms with Gasteiger partial charge in [-0.1, -0.05) is 20.8 Å². The zero-order valence-electron chi connectivity index (χ0n) is 5.44. The predicted octanol–water partition coefficient (Wildman–Crippen LogP) is 2.69. The van der Waals surface area contributed by atoms with E-state index in [1.165, 1.54) is 12.3 Å². The van der Waals surface area contributed by atoms with E-state index in [0.29, 0.717) is 7.92 Å². The van der Waals surface area contributed by atoms with Crippen LogP contribution in [-0.4, -0.2) is 12.3 Å². The maximum atomic E-state index is 2.34. The molecule has 0 aromatic rings. The first-order valence-corrected chi connectivity index (χ1v) is 4.66. The van der Waals surface area contributed by atoms with Crippen LogP contribution in [0.2, 0.25) is 0 Å². The van der Waals surface area contributed by atoms with Gasteiger partial charge in [-0.3, -0.25) is 0 Å². The molecule has 0 N–H and O–H groups in total. The van der Waals surface area contributed by atoms with Gasteiger partial charge in [0.15, 0.2) is 0 Å². The van der Waals surface area contributed by atoms with Gasteiger partial charge in [0, 0.05) is 0 Å². The van der Waals surface area contributed by atoms with Gasteiger partial charge in [-0.2, -0.15) is 0 Å². The first-order chi connectivity index (χ1) is 3.35. The van der Waals surface area contributed by atoms with E-state index in [0.717, 1.165) is 0 Å². The van der Waals surface area contributed by atoms with Crippen molar-refractivity contribution < 1.29 is 0 Å². The minimum Gasteiger partial charge on any atom is -0.104 e. The Balaban J connectivity index is 2.99. The summed E-state index contributed by atoms with van der Waals surface area (Å²) in [5.74, 6) is 0. The van der Waals surface area contributed by atoms with Crippen LogP contribution in [0.3, 0.4) is 0 Å². The molecular weight excluding hydrogens is 103 g/mol. The summed E-state index contributed by atoms with van der Waals surface area (Å²) in [6.45, 7) is 6.68. The molecule has 0 aliphatic rings. The van der Waals surface area contributed by atoms with Crippen LogP contribution in [0.25, 0.3) is 0 Å². The van der Waals surface area contributed by atoms with Crippen molar-refractivity contribution in [2.75, 3.05) is 12.3 Å². The molecule has 0 bridgehead atoms. The molecule has 43 valence electrons. The molecule has 0 amide bonds. The number of rotatable bonds is 3. The van der Waals surface area contributed by atoms with Crippen LogP contribution in [0, 0.1) is 6.16 Å². The molecule has 1 radical (unpaired) electrons. The minimum atomic E-state index is 0.321. The van der Waals surface area contributed by atoms with Crippen molar-refractivity contribution in [2.45, 2.75) is 20.8 Å². The normalized spacial score (nSPS) is 10.3. The van der Waals surface area contributed by atoms with E-state index < -0.39 is 0 Å². The highest BCUT2D eigenvalue weighted by molar-refractivity contribution is 7.59. The van der Waals surface area contributed by atoms with Crippen molar-refractivity contribution in [2.24, 2.45) is 0 Å². The standard InChI is InChI=1S/C6H14P/c1-4-7(5-2)6-3/h4H,5-6H2,1-3H3. The monoisotopic (exact) mass is 117 g/mol. The lowest BCUT2D eigenvalue weighted by Crippen LogP contribution is -1.78. The van der Waals surface area contributed by atoms with Gasteiger partial charge in [0.1, 0.15) is 0 Å². The van der Waals surface area contributed by atoms with Crippen molar-refractivity contribution in [3.05, 3.63) is 6.16 Å². The molecule has 0 nitrogen and oxygen atoms in total. The van der Waals surface area contributed by atoms with Crippen LogP contribution in [0.1, 0.15) is 20.8 Å². The fourth-order valence-corrected chi connectivity index (χ4v) is 1.77. The van der Waals surface area contributed by atoms with Crippen LogP contribution >= 0.6 is 7.92 Å². The second-order valence-corrected chi connectivity index (χ2v) is 4.44. The Morgan fingerprint density at radius 1 is 1.29 bits per heavy atom. The predicted molar refractivity (Wildman–Crippen MR) is 38.0 cm³/mol. The summed E-state index contributed by atoms with van der Waals surface area (Å²) in [5, 5.41) is 0. The average molecular weight is 117 g/mol. The molecule has 0 saturated carbocycles. The Labute approximate surface area is 48.1 Å². The Morgan fingerprint density at radius 3 is 1.71 bits per heavy atom. The van der Waals surface area contributed by atoms with Gasteiger partial charge in [-0.15, -0.1) is 7.92 Å². The second-order valence-electron chi connectivity index (χ2n) is 1.48. The largest absolute Gasteiger partial charge is 0.104 e. The molecule has 0 fully saturated rings. The van der Waals surface area contributed by atoms with E-state index in [9.17, 15) is 0 Å². The summed E-state index contributed by atoms with van der Waals surface area (Å²) in [4.78, 5) is 0. The van der Waals surface area contributed by atoms with Crippen molar-refractivity contribution in [3.8, 4) is 0 Å².